The van der Waals surface area contributed by atoms with Crippen LogP contribution in [-0.2, 0) is 9.59 Å². The van der Waals surface area contributed by atoms with Gasteiger partial charge in [0.1, 0.15) is 0 Å². The summed E-state index contributed by atoms with van der Waals surface area (Å²) in [5, 5.41) is 2.50. The SMILES string of the molecule is CC(C)C.CCCCCCCCCCCCC(=O)NCC(N)=O. The Hall–Kier alpha value is -1.06. The van der Waals surface area contributed by atoms with Crippen LogP contribution in [0.3, 0.4) is 0 Å². The standard InChI is InChI=1S/C15H30N2O2.C4H10/c1-2-3-4-5-6-7-8-9-10-11-12-15(19)17-13-14(16)18;1-4(2)3/h2-13H2,1H3,(H2,16,18)(H,17,19);4H,1-3H3. The molecule has 4 nitrogen and oxygen atoms in total. The smallest absolute Gasteiger partial charge is 0.236 e. The highest BCUT2D eigenvalue weighted by Gasteiger charge is 2.02. The van der Waals surface area contributed by atoms with E-state index < -0.39 is 5.91 Å². The topological polar surface area (TPSA) is 72.2 Å². The molecule has 0 aromatic heterocycles. The van der Waals surface area contributed by atoms with Crippen LogP contribution in [0.15, 0.2) is 0 Å². The van der Waals surface area contributed by atoms with Crippen LogP contribution >= 0.6 is 0 Å². The maximum Gasteiger partial charge on any atom is 0.236 e. The molecule has 2 amide bonds. The molecule has 0 saturated carbocycles. The molecule has 0 fully saturated rings. The van der Waals surface area contributed by atoms with Crippen molar-refractivity contribution in [1.29, 1.82) is 0 Å². The van der Waals surface area contributed by atoms with Crippen molar-refractivity contribution in [2.75, 3.05) is 6.54 Å². The van der Waals surface area contributed by atoms with Crippen molar-refractivity contribution >= 4 is 11.8 Å². The Labute approximate surface area is 144 Å². The summed E-state index contributed by atoms with van der Waals surface area (Å²) in [5.41, 5.74) is 4.94. The monoisotopic (exact) mass is 328 g/mol. The molecule has 0 unspecified atom stereocenters. The summed E-state index contributed by atoms with van der Waals surface area (Å²) in [6.45, 7) is 8.69. The predicted molar refractivity (Wildman–Crippen MR) is 99.2 cm³/mol. The summed E-state index contributed by atoms with van der Waals surface area (Å²) < 4.78 is 0. The minimum Gasteiger partial charge on any atom is -0.368 e. The van der Waals surface area contributed by atoms with Gasteiger partial charge >= 0.3 is 0 Å². The molecule has 138 valence electrons. The van der Waals surface area contributed by atoms with E-state index in [1.54, 1.807) is 0 Å². The Morgan fingerprint density at radius 3 is 1.61 bits per heavy atom. The second-order valence-corrected chi connectivity index (χ2v) is 6.91. The molecule has 4 heteroatoms. The van der Waals surface area contributed by atoms with Crippen LogP contribution in [0, 0.1) is 5.92 Å². The summed E-state index contributed by atoms with van der Waals surface area (Å²) in [5.74, 6) is 0.273. The number of rotatable bonds is 13. The molecule has 0 bridgehead atoms. The van der Waals surface area contributed by atoms with Crippen molar-refractivity contribution in [3.8, 4) is 0 Å². The second kappa shape index (κ2) is 19.0. The minimum absolute atomic E-state index is 0.0450. The van der Waals surface area contributed by atoms with Gasteiger partial charge in [-0.3, -0.25) is 9.59 Å². The first kappa shape index (κ1) is 24.2. The van der Waals surface area contributed by atoms with Crippen LogP contribution in [0.1, 0.15) is 98.3 Å². The van der Waals surface area contributed by atoms with Gasteiger partial charge in [-0.05, 0) is 12.3 Å². The highest BCUT2D eigenvalue weighted by Crippen LogP contribution is 2.11. The third-order valence-corrected chi connectivity index (χ3v) is 3.22. The van der Waals surface area contributed by atoms with E-state index in [1.165, 1.54) is 51.4 Å². The number of primary amides is 1. The fourth-order valence-corrected chi connectivity index (χ4v) is 2.05. The molecule has 0 aliphatic carbocycles. The number of hydrogen-bond acceptors (Lipinski definition) is 2. The predicted octanol–water partition coefficient (Wildman–Crippen LogP) is 4.56. The number of nitrogens with two attached hydrogens (primary N) is 1. The highest BCUT2D eigenvalue weighted by molar-refractivity contribution is 5.83. The number of carbonyl (C=O) groups is 2. The molecule has 0 spiro atoms. The second-order valence-electron chi connectivity index (χ2n) is 6.91. The first-order valence-electron chi connectivity index (χ1n) is 9.45. The van der Waals surface area contributed by atoms with E-state index in [0.29, 0.717) is 6.42 Å². The lowest BCUT2D eigenvalue weighted by molar-refractivity contribution is -0.124. The van der Waals surface area contributed by atoms with Crippen LogP contribution in [0.2, 0.25) is 0 Å². The number of nitrogens with one attached hydrogen (secondary N) is 1. The van der Waals surface area contributed by atoms with Gasteiger partial charge < -0.3 is 11.1 Å². The number of carbonyl (C=O) groups excluding carboxylic acids is 2. The van der Waals surface area contributed by atoms with Gasteiger partial charge in [0.15, 0.2) is 0 Å². The zero-order valence-corrected chi connectivity index (χ0v) is 16.0. The van der Waals surface area contributed by atoms with Gasteiger partial charge in [-0.25, -0.2) is 0 Å². The average molecular weight is 329 g/mol. The van der Waals surface area contributed by atoms with Crippen molar-refractivity contribution in [3.63, 3.8) is 0 Å². The highest BCUT2D eigenvalue weighted by atomic mass is 16.2. The van der Waals surface area contributed by atoms with E-state index in [-0.39, 0.29) is 12.5 Å². The van der Waals surface area contributed by atoms with Crippen molar-refractivity contribution in [1.82, 2.24) is 5.32 Å². The van der Waals surface area contributed by atoms with E-state index in [2.05, 4.69) is 33.0 Å². The van der Waals surface area contributed by atoms with Gasteiger partial charge in [0, 0.05) is 6.42 Å². The third-order valence-electron chi connectivity index (χ3n) is 3.22. The Balaban J connectivity index is 0. The molecule has 0 aliphatic heterocycles. The molecular weight excluding hydrogens is 288 g/mol. The van der Waals surface area contributed by atoms with Gasteiger partial charge in [-0.15, -0.1) is 0 Å². The summed E-state index contributed by atoms with van der Waals surface area (Å²) in [6.07, 6.45) is 13.0. The fraction of sp³-hybridized carbons (Fsp3) is 0.895. The normalized spacial score (nSPS) is 10.1. The molecule has 0 aromatic carbocycles. The third kappa shape index (κ3) is 29.6. The molecule has 0 saturated heterocycles. The van der Waals surface area contributed by atoms with Crippen molar-refractivity contribution < 1.29 is 9.59 Å². The first-order valence-corrected chi connectivity index (χ1v) is 9.45. The number of unbranched alkanes of at least 4 members (excludes halogenated alkanes) is 9. The lowest BCUT2D eigenvalue weighted by Gasteiger charge is -2.03. The van der Waals surface area contributed by atoms with E-state index in [4.69, 9.17) is 5.73 Å². The van der Waals surface area contributed by atoms with Gasteiger partial charge in [-0.1, -0.05) is 85.5 Å². The van der Waals surface area contributed by atoms with Crippen LogP contribution < -0.4 is 11.1 Å². The first-order chi connectivity index (χ1) is 10.9. The van der Waals surface area contributed by atoms with Gasteiger partial charge in [-0.2, -0.15) is 0 Å². The quantitative estimate of drug-likeness (QED) is 0.486. The molecule has 3 N–H and O–H groups in total. The van der Waals surface area contributed by atoms with E-state index in [0.717, 1.165) is 18.8 Å². The van der Waals surface area contributed by atoms with Gasteiger partial charge in [0.2, 0.25) is 11.8 Å². The Morgan fingerprint density at radius 1 is 0.826 bits per heavy atom. The van der Waals surface area contributed by atoms with Crippen LogP contribution in [0.4, 0.5) is 0 Å². The summed E-state index contributed by atoms with van der Waals surface area (Å²) in [7, 11) is 0. The molecule has 0 aromatic rings. The molecule has 0 aliphatic rings. The maximum absolute atomic E-state index is 11.3. The summed E-state index contributed by atoms with van der Waals surface area (Å²) in [4.78, 5) is 21.7. The Morgan fingerprint density at radius 2 is 1.22 bits per heavy atom. The zero-order chi connectivity index (χ0) is 17.9. The average Bonchev–Trinajstić information content (AvgIpc) is 2.46. The van der Waals surface area contributed by atoms with Crippen molar-refractivity contribution in [2.45, 2.75) is 98.3 Å². The summed E-state index contributed by atoms with van der Waals surface area (Å²) in [6, 6.07) is 0. The van der Waals surface area contributed by atoms with Crippen LogP contribution in [0.5, 0.6) is 0 Å². The molecular formula is C19H40N2O2. The molecule has 0 radical (unpaired) electrons. The molecule has 0 atom stereocenters. The minimum atomic E-state index is -0.489. The largest absolute Gasteiger partial charge is 0.368 e. The lowest BCUT2D eigenvalue weighted by Crippen LogP contribution is -2.33. The maximum atomic E-state index is 11.3. The number of hydrogen-bond donors (Lipinski definition) is 2. The van der Waals surface area contributed by atoms with E-state index in [9.17, 15) is 9.59 Å². The van der Waals surface area contributed by atoms with Crippen molar-refractivity contribution in [3.05, 3.63) is 0 Å². The zero-order valence-electron chi connectivity index (χ0n) is 16.0. The summed E-state index contributed by atoms with van der Waals surface area (Å²) >= 11 is 0. The Kier molecular flexibility index (Phi) is 20.0. The van der Waals surface area contributed by atoms with Crippen molar-refractivity contribution in [2.24, 2.45) is 11.7 Å². The van der Waals surface area contributed by atoms with Crippen LogP contribution in [0.25, 0.3) is 0 Å². The van der Waals surface area contributed by atoms with Gasteiger partial charge in [0.05, 0.1) is 6.54 Å². The van der Waals surface area contributed by atoms with Gasteiger partial charge in [0.25, 0.3) is 0 Å². The van der Waals surface area contributed by atoms with Crippen LogP contribution in [-0.4, -0.2) is 18.4 Å². The fourth-order valence-electron chi connectivity index (χ4n) is 2.05. The molecule has 0 rings (SSSR count). The lowest BCUT2D eigenvalue weighted by atomic mass is 10.1. The van der Waals surface area contributed by atoms with E-state index in [1.807, 2.05) is 0 Å². The number of amides is 2. The Bertz CT molecular complexity index is 276. The molecule has 0 heterocycles. The van der Waals surface area contributed by atoms with E-state index >= 15 is 0 Å². The molecule has 23 heavy (non-hydrogen) atoms.